The quantitative estimate of drug-likeness (QED) is 0.493. The molecular formula is C21H36N4O. The Morgan fingerprint density at radius 1 is 1.15 bits per heavy atom. The molecule has 0 aliphatic carbocycles. The standard InChI is InChI=1S/C21H36N4O/c1-4-22-20(23-14-13-19(26)18-11-7-5-8-12-18)24-17-21(2,3)25-15-9-6-10-16-25/h5,7-8,11-12,19,26H,4,6,9-10,13-17H2,1-3H3,(H2,22,23,24). The number of nitrogens with zero attached hydrogens (tertiary/aromatic N) is 2. The second kappa shape index (κ2) is 10.5. The van der Waals surface area contributed by atoms with E-state index in [4.69, 9.17) is 4.99 Å². The van der Waals surface area contributed by atoms with Crippen LogP contribution in [0.3, 0.4) is 0 Å². The van der Waals surface area contributed by atoms with Gasteiger partial charge < -0.3 is 15.7 Å². The Hall–Kier alpha value is -1.59. The van der Waals surface area contributed by atoms with Gasteiger partial charge in [-0.15, -0.1) is 0 Å². The first-order valence-electron chi connectivity index (χ1n) is 10.0. The Kier molecular flexibility index (Phi) is 8.39. The van der Waals surface area contributed by atoms with Crippen LogP contribution >= 0.6 is 0 Å². The van der Waals surface area contributed by atoms with E-state index < -0.39 is 6.10 Å². The van der Waals surface area contributed by atoms with Crippen molar-refractivity contribution in [3.05, 3.63) is 35.9 Å². The van der Waals surface area contributed by atoms with Crippen molar-refractivity contribution >= 4 is 5.96 Å². The highest BCUT2D eigenvalue weighted by Gasteiger charge is 2.27. The van der Waals surface area contributed by atoms with Gasteiger partial charge in [-0.05, 0) is 58.7 Å². The number of hydrogen-bond donors (Lipinski definition) is 3. The number of likely N-dealkylation sites (tertiary alicyclic amines) is 1. The van der Waals surface area contributed by atoms with Gasteiger partial charge in [0.05, 0.1) is 12.6 Å². The van der Waals surface area contributed by atoms with Crippen LogP contribution in [0.4, 0.5) is 0 Å². The monoisotopic (exact) mass is 360 g/mol. The van der Waals surface area contributed by atoms with E-state index in [1.807, 2.05) is 30.3 Å². The lowest BCUT2D eigenvalue weighted by atomic mass is 9.99. The topological polar surface area (TPSA) is 59.9 Å². The van der Waals surface area contributed by atoms with Gasteiger partial charge in [0.2, 0.25) is 0 Å². The Bertz CT molecular complexity index is 538. The lowest BCUT2D eigenvalue weighted by Crippen LogP contribution is -2.49. The van der Waals surface area contributed by atoms with Crippen molar-refractivity contribution < 1.29 is 5.11 Å². The number of benzene rings is 1. The molecule has 0 aromatic heterocycles. The highest BCUT2D eigenvalue weighted by atomic mass is 16.3. The van der Waals surface area contributed by atoms with Crippen molar-refractivity contribution in [3.8, 4) is 0 Å². The van der Waals surface area contributed by atoms with Crippen LogP contribution in [0.2, 0.25) is 0 Å². The number of guanidine groups is 1. The van der Waals surface area contributed by atoms with Gasteiger partial charge in [0, 0.05) is 18.6 Å². The molecule has 1 aliphatic heterocycles. The summed E-state index contributed by atoms with van der Waals surface area (Å²) in [5.74, 6) is 0.831. The van der Waals surface area contributed by atoms with Gasteiger partial charge in [-0.25, -0.2) is 0 Å². The zero-order valence-corrected chi connectivity index (χ0v) is 16.7. The van der Waals surface area contributed by atoms with E-state index in [0.29, 0.717) is 13.0 Å². The van der Waals surface area contributed by atoms with E-state index in [0.717, 1.165) is 24.6 Å². The summed E-state index contributed by atoms with van der Waals surface area (Å²) in [5.41, 5.74) is 1.04. The maximum atomic E-state index is 10.3. The van der Waals surface area contributed by atoms with Crippen LogP contribution in [0.1, 0.15) is 58.1 Å². The average molecular weight is 361 g/mol. The third kappa shape index (κ3) is 6.61. The molecule has 5 nitrogen and oxygen atoms in total. The molecule has 26 heavy (non-hydrogen) atoms. The van der Waals surface area contributed by atoms with Gasteiger partial charge in [-0.2, -0.15) is 0 Å². The fraction of sp³-hybridized carbons (Fsp3) is 0.667. The van der Waals surface area contributed by atoms with Gasteiger partial charge >= 0.3 is 0 Å². The van der Waals surface area contributed by atoms with Gasteiger partial charge in [0.1, 0.15) is 0 Å². The Labute approximate surface area is 158 Å². The largest absolute Gasteiger partial charge is 0.388 e. The van der Waals surface area contributed by atoms with Crippen molar-refractivity contribution in [2.45, 2.75) is 58.1 Å². The van der Waals surface area contributed by atoms with Crippen LogP contribution in [-0.2, 0) is 0 Å². The fourth-order valence-corrected chi connectivity index (χ4v) is 3.38. The van der Waals surface area contributed by atoms with E-state index >= 15 is 0 Å². The van der Waals surface area contributed by atoms with E-state index in [2.05, 4.69) is 36.3 Å². The number of aliphatic hydroxyl groups is 1. The summed E-state index contributed by atoms with van der Waals surface area (Å²) in [5, 5.41) is 17.0. The zero-order valence-electron chi connectivity index (χ0n) is 16.7. The summed E-state index contributed by atoms with van der Waals surface area (Å²) >= 11 is 0. The van der Waals surface area contributed by atoms with Crippen LogP contribution < -0.4 is 10.6 Å². The van der Waals surface area contributed by atoms with Crippen molar-refractivity contribution in [1.82, 2.24) is 15.5 Å². The Balaban J connectivity index is 1.83. The minimum Gasteiger partial charge on any atom is -0.388 e. The van der Waals surface area contributed by atoms with Crippen LogP contribution in [0, 0.1) is 0 Å². The molecule has 0 bridgehead atoms. The molecule has 1 fully saturated rings. The van der Waals surface area contributed by atoms with Crippen molar-refractivity contribution in [1.29, 1.82) is 0 Å². The molecular weight excluding hydrogens is 324 g/mol. The minimum atomic E-state index is -0.448. The molecule has 1 atom stereocenters. The molecule has 146 valence electrons. The Morgan fingerprint density at radius 3 is 2.50 bits per heavy atom. The average Bonchev–Trinajstić information content (AvgIpc) is 2.67. The predicted octanol–water partition coefficient (Wildman–Crippen LogP) is 2.93. The molecule has 2 rings (SSSR count). The molecule has 1 aliphatic rings. The van der Waals surface area contributed by atoms with E-state index in [-0.39, 0.29) is 5.54 Å². The first-order chi connectivity index (χ1) is 12.5. The highest BCUT2D eigenvalue weighted by Crippen LogP contribution is 2.20. The van der Waals surface area contributed by atoms with Crippen molar-refractivity contribution in [2.24, 2.45) is 4.99 Å². The van der Waals surface area contributed by atoms with E-state index in [1.54, 1.807) is 0 Å². The molecule has 1 aromatic carbocycles. The van der Waals surface area contributed by atoms with Crippen LogP contribution in [-0.4, -0.2) is 54.2 Å². The van der Waals surface area contributed by atoms with Crippen LogP contribution in [0.15, 0.2) is 35.3 Å². The zero-order chi connectivity index (χ0) is 18.8. The fourth-order valence-electron chi connectivity index (χ4n) is 3.38. The summed E-state index contributed by atoms with van der Waals surface area (Å²) in [6.07, 6.45) is 4.15. The lowest BCUT2D eigenvalue weighted by Gasteiger charge is -2.40. The number of nitrogens with one attached hydrogen (secondary N) is 2. The molecule has 3 N–H and O–H groups in total. The smallest absolute Gasteiger partial charge is 0.191 e. The number of rotatable bonds is 8. The molecule has 1 saturated heterocycles. The van der Waals surface area contributed by atoms with Crippen molar-refractivity contribution in [3.63, 3.8) is 0 Å². The predicted molar refractivity (Wildman–Crippen MR) is 110 cm³/mol. The second-order valence-corrected chi connectivity index (χ2v) is 7.70. The van der Waals surface area contributed by atoms with Gasteiger partial charge in [0.25, 0.3) is 0 Å². The number of piperidine rings is 1. The van der Waals surface area contributed by atoms with Gasteiger partial charge in [0.15, 0.2) is 5.96 Å². The second-order valence-electron chi connectivity index (χ2n) is 7.70. The lowest BCUT2D eigenvalue weighted by molar-refractivity contribution is 0.102. The first kappa shape index (κ1) is 20.7. The molecule has 0 radical (unpaired) electrons. The first-order valence-corrected chi connectivity index (χ1v) is 10.0. The van der Waals surface area contributed by atoms with Crippen molar-refractivity contribution in [2.75, 3.05) is 32.7 Å². The molecule has 0 spiro atoms. The molecule has 0 amide bonds. The summed E-state index contributed by atoms with van der Waals surface area (Å²) < 4.78 is 0. The van der Waals surface area contributed by atoms with Gasteiger partial charge in [-0.3, -0.25) is 9.89 Å². The van der Waals surface area contributed by atoms with Gasteiger partial charge in [-0.1, -0.05) is 36.8 Å². The van der Waals surface area contributed by atoms with Crippen LogP contribution in [0.5, 0.6) is 0 Å². The minimum absolute atomic E-state index is 0.0757. The molecule has 5 heteroatoms. The molecule has 1 heterocycles. The third-order valence-corrected chi connectivity index (χ3v) is 5.08. The summed E-state index contributed by atoms with van der Waals surface area (Å²) in [7, 11) is 0. The molecule has 1 unspecified atom stereocenters. The third-order valence-electron chi connectivity index (χ3n) is 5.08. The Morgan fingerprint density at radius 2 is 1.85 bits per heavy atom. The number of aliphatic hydroxyl groups excluding tert-OH is 1. The summed E-state index contributed by atoms with van der Waals surface area (Å²) in [4.78, 5) is 7.36. The molecule has 1 aromatic rings. The number of aliphatic imine (C=N–C) groups is 1. The highest BCUT2D eigenvalue weighted by molar-refractivity contribution is 5.79. The van der Waals surface area contributed by atoms with E-state index in [9.17, 15) is 5.11 Å². The SMILES string of the molecule is CCNC(=NCC(C)(C)N1CCCCC1)NCCC(O)c1ccccc1. The number of hydrogen-bond acceptors (Lipinski definition) is 3. The van der Waals surface area contributed by atoms with Crippen LogP contribution in [0.25, 0.3) is 0 Å². The maximum absolute atomic E-state index is 10.3. The summed E-state index contributed by atoms with van der Waals surface area (Å²) in [6.45, 7) is 11.3. The normalized spacial score (nSPS) is 17.8. The molecule has 0 saturated carbocycles. The maximum Gasteiger partial charge on any atom is 0.191 e. The summed E-state index contributed by atoms with van der Waals surface area (Å²) in [6, 6.07) is 9.81. The van der Waals surface area contributed by atoms with E-state index in [1.165, 1.54) is 32.4 Å².